The third-order valence-electron chi connectivity index (χ3n) is 1.72. The number of methoxy groups -OCH3 is 1. The lowest BCUT2D eigenvalue weighted by Gasteiger charge is -2.06. The van der Waals surface area contributed by atoms with E-state index in [0.717, 1.165) is 13.2 Å². The number of carbonyl (C=O) groups excluding carboxylic acids is 1. The molecular weight excluding hydrogens is 210 g/mol. The molecule has 7 heteroatoms. The van der Waals surface area contributed by atoms with E-state index in [1.165, 1.54) is 0 Å². The third kappa shape index (κ3) is 2.12. The maximum absolute atomic E-state index is 12.4. The number of hydrogen-bond donors (Lipinski definition) is 2. The summed E-state index contributed by atoms with van der Waals surface area (Å²) < 4.78 is 29.0. The summed E-state index contributed by atoms with van der Waals surface area (Å²) in [5.41, 5.74) is 2.55. The number of anilines is 1. The van der Waals surface area contributed by atoms with Crippen LogP contribution in [0.4, 0.5) is 14.5 Å². The van der Waals surface area contributed by atoms with Gasteiger partial charge in [0, 0.05) is 6.07 Å². The first kappa shape index (κ1) is 11.2. The van der Waals surface area contributed by atoms with Crippen LogP contribution < -0.4 is 11.2 Å². The van der Waals surface area contributed by atoms with Crippen LogP contribution in [0.15, 0.2) is 10.9 Å². The highest BCUT2D eigenvalue weighted by atomic mass is 19.3. The van der Waals surface area contributed by atoms with Crippen LogP contribution in [0.5, 0.6) is 0 Å². The van der Waals surface area contributed by atoms with E-state index in [1.54, 1.807) is 0 Å². The minimum absolute atomic E-state index is 0.355. The molecule has 15 heavy (non-hydrogen) atoms. The average Bonchev–Trinajstić information content (AvgIpc) is 2.20. The number of hydrogen-bond acceptors (Lipinski definition) is 4. The van der Waals surface area contributed by atoms with Gasteiger partial charge >= 0.3 is 5.97 Å². The van der Waals surface area contributed by atoms with E-state index in [9.17, 15) is 18.4 Å². The molecule has 1 heterocycles. The number of nitrogens with one attached hydrogen (secondary N) is 1. The monoisotopic (exact) mass is 218 g/mol. The third-order valence-corrected chi connectivity index (χ3v) is 1.72. The average molecular weight is 218 g/mol. The number of esters is 1. The number of H-pyrrole nitrogens is 1. The van der Waals surface area contributed by atoms with Gasteiger partial charge < -0.3 is 15.5 Å². The van der Waals surface area contributed by atoms with Gasteiger partial charge in [0.15, 0.2) is 0 Å². The van der Waals surface area contributed by atoms with Gasteiger partial charge in [-0.2, -0.15) is 0 Å². The second-order valence-corrected chi connectivity index (χ2v) is 2.67. The van der Waals surface area contributed by atoms with Crippen LogP contribution in [0.3, 0.4) is 0 Å². The molecule has 0 aliphatic rings. The first-order valence-electron chi connectivity index (χ1n) is 3.86. The number of ether oxygens (including phenoxy) is 1. The number of carbonyl (C=O) groups is 1. The van der Waals surface area contributed by atoms with E-state index in [0.29, 0.717) is 0 Å². The van der Waals surface area contributed by atoms with Gasteiger partial charge in [0.05, 0.1) is 7.11 Å². The summed E-state index contributed by atoms with van der Waals surface area (Å²) in [5, 5.41) is 0. The van der Waals surface area contributed by atoms with Crippen molar-refractivity contribution in [3.05, 3.63) is 27.7 Å². The van der Waals surface area contributed by atoms with Crippen molar-refractivity contribution in [2.75, 3.05) is 12.8 Å². The summed E-state index contributed by atoms with van der Waals surface area (Å²) in [4.78, 5) is 24.1. The first-order valence-corrected chi connectivity index (χ1v) is 3.86. The van der Waals surface area contributed by atoms with E-state index in [2.05, 4.69) is 9.72 Å². The van der Waals surface area contributed by atoms with Crippen LogP contribution in [-0.2, 0) is 4.74 Å². The second kappa shape index (κ2) is 4.07. The van der Waals surface area contributed by atoms with Crippen LogP contribution in [0.25, 0.3) is 0 Å². The minimum Gasteiger partial charge on any atom is -0.464 e. The Kier molecular flexibility index (Phi) is 3.03. The van der Waals surface area contributed by atoms with Gasteiger partial charge in [-0.25, -0.2) is 13.6 Å². The molecule has 5 nitrogen and oxygen atoms in total. The van der Waals surface area contributed by atoms with Crippen LogP contribution >= 0.6 is 0 Å². The van der Waals surface area contributed by atoms with Gasteiger partial charge in [-0.1, -0.05) is 0 Å². The second-order valence-electron chi connectivity index (χ2n) is 2.67. The molecule has 0 saturated heterocycles. The summed E-state index contributed by atoms with van der Waals surface area (Å²) in [6.45, 7) is 0. The van der Waals surface area contributed by atoms with Crippen LogP contribution in [0.1, 0.15) is 22.6 Å². The summed E-state index contributed by atoms with van der Waals surface area (Å²) in [5.74, 6) is -0.908. The maximum atomic E-state index is 12.4. The molecule has 0 aliphatic heterocycles. The van der Waals surface area contributed by atoms with Crippen LogP contribution in [-0.4, -0.2) is 18.1 Å². The van der Waals surface area contributed by atoms with Crippen LogP contribution in [0, 0.1) is 0 Å². The molecule has 0 radical (unpaired) electrons. The fourth-order valence-corrected chi connectivity index (χ4v) is 0.982. The zero-order chi connectivity index (χ0) is 11.6. The quantitative estimate of drug-likeness (QED) is 0.715. The van der Waals surface area contributed by atoms with Crippen LogP contribution in [0.2, 0.25) is 0 Å². The molecule has 82 valence electrons. The molecule has 0 bridgehead atoms. The van der Waals surface area contributed by atoms with Gasteiger partial charge in [0.25, 0.3) is 6.43 Å². The van der Waals surface area contributed by atoms with Crippen molar-refractivity contribution in [1.29, 1.82) is 0 Å². The molecule has 0 fully saturated rings. The fourth-order valence-electron chi connectivity index (χ4n) is 0.982. The fraction of sp³-hybridized carbons (Fsp3) is 0.250. The van der Waals surface area contributed by atoms with Crippen molar-refractivity contribution in [3.63, 3.8) is 0 Å². The van der Waals surface area contributed by atoms with E-state index in [-0.39, 0.29) is 5.69 Å². The Balaban J connectivity index is 3.36. The molecule has 0 aliphatic carbocycles. The molecule has 0 atom stereocenters. The molecule has 0 saturated carbocycles. The highest BCUT2D eigenvalue weighted by molar-refractivity contribution is 5.87. The highest BCUT2D eigenvalue weighted by Gasteiger charge is 2.18. The molecule has 1 aromatic heterocycles. The topological polar surface area (TPSA) is 85.2 Å². The summed E-state index contributed by atoms with van der Waals surface area (Å²) in [7, 11) is 1.07. The number of pyridine rings is 1. The van der Waals surface area contributed by atoms with E-state index >= 15 is 0 Å². The number of rotatable bonds is 2. The maximum Gasteiger partial charge on any atom is 0.354 e. The number of aromatic nitrogens is 1. The molecule has 0 spiro atoms. The predicted molar refractivity (Wildman–Crippen MR) is 47.8 cm³/mol. The Morgan fingerprint density at radius 2 is 2.20 bits per heavy atom. The molecule has 1 rings (SSSR count). The van der Waals surface area contributed by atoms with Crippen molar-refractivity contribution in [1.82, 2.24) is 4.98 Å². The van der Waals surface area contributed by atoms with Gasteiger partial charge in [-0.15, -0.1) is 0 Å². The lowest BCUT2D eigenvalue weighted by Crippen LogP contribution is -2.17. The Bertz CT molecular complexity index is 442. The lowest BCUT2D eigenvalue weighted by atomic mass is 10.2. The van der Waals surface area contributed by atoms with Crippen molar-refractivity contribution in [2.24, 2.45) is 0 Å². The predicted octanol–water partition coefficient (Wildman–Crippen LogP) is 0.681. The van der Waals surface area contributed by atoms with Crippen molar-refractivity contribution in [3.8, 4) is 0 Å². The minimum atomic E-state index is -2.96. The highest BCUT2D eigenvalue weighted by Crippen LogP contribution is 2.20. The molecule has 0 aromatic carbocycles. The number of nitrogen functional groups attached to an aromatic ring is 1. The molecular formula is C8H8F2N2O3. The van der Waals surface area contributed by atoms with E-state index < -0.39 is 29.2 Å². The van der Waals surface area contributed by atoms with E-state index in [1.807, 2.05) is 0 Å². The number of nitrogens with two attached hydrogens (primary N) is 1. The van der Waals surface area contributed by atoms with Crippen molar-refractivity contribution >= 4 is 11.7 Å². The summed E-state index contributed by atoms with van der Waals surface area (Å²) >= 11 is 0. The largest absolute Gasteiger partial charge is 0.464 e. The number of aromatic amines is 1. The van der Waals surface area contributed by atoms with E-state index in [4.69, 9.17) is 5.73 Å². The zero-order valence-electron chi connectivity index (χ0n) is 7.71. The SMILES string of the molecule is COC(=O)c1cc(=O)c(N)c(C(F)F)[nH]1. The van der Waals surface area contributed by atoms with Gasteiger partial charge in [0.1, 0.15) is 17.1 Å². The number of alkyl halides is 2. The Labute approximate surface area is 82.9 Å². The summed E-state index contributed by atoms with van der Waals surface area (Å²) in [6.07, 6.45) is -2.96. The molecule has 0 unspecified atom stereocenters. The van der Waals surface area contributed by atoms with Gasteiger partial charge in [-0.05, 0) is 0 Å². The number of halogens is 2. The Morgan fingerprint density at radius 3 is 2.67 bits per heavy atom. The van der Waals surface area contributed by atoms with Gasteiger partial charge in [0.2, 0.25) is 5.43 Å². The Hall–Kier alpha value is -1.92. The summed E-state index contributed by atoms with van der Waals surface area (Å²) in [6, 6.07) is 0.813. The normalized spacial score (nSPS) is 10.4. The smallest absolute Gasteiger partial charge is 0.354 e. The first-order chi connectivity index (χ1) is 6.97. The molecule has 0 amide bonds. The molecule has 3 N–H and O–H groups in total. The van der Waals surface area contributed by atoms with Gasteiger partial charge in [-0.3, -0.25) is 4.79 Å². The Morgan fingerprint density at radius 1 is 1.60 bits per heavy atom. The zero-order valence-corrected chi connectivity index (χ0v) is 7.71. The standard InChI is InChI=1S/C8H8F2N2O3/c1-15-8(14)3-2-4(13)5(11)6(12-3)7(9)10/h2,7H,11H2,1H3,(H,12,13). The van der Waals surface area contributed by atoms with Crippen molar-refractivity contribution < 1.29 is 18.3 Å². The van der Waals surface area contributed by atoms with Crippen molar-refractivity contribution in [2.45, 2.75) is 6.43 Å². The lowest BCUT2D eigenvalue weighted by molar-refractivity contribution is 0.0592. The molecule has 1 aromatic rings.